The van der Waals surface area contributed by atoms with Crippen LogP contribution in [0.15, 0.2) is 29.2 Å². The van der Waals surface area contributed by atoms with Crippen molar-refractivity contribution in [2.75, 3.05) is 13.1 Å². The summed E-state index contributed by atoms with van der Waals surface area (Å²) in [5.41, 5.74) is 0.190. The molecular weight excluding hydrogens is 238 g/mol. The summed E-state index contributed by atoms with van der Waals surface area (Å²) in [6.07, 6.45) is 0.576. The summed E-state index contributed by atoms with van der Waals surface area (Å²) >= 11 is 0. The van der Waals surface area contributed by atoms with Crippen molar-refractivity contribution in [1.29, 1.82) is 0 Å². The van der Waals surface area contributed by atoms with Crippen molar-refractivity contribution in [3.05, 3.63) is 29.8 Å². The summed E-state index contributed by atoms with van der Waals surface area (Å²) in [6.45, 7) is 4.16. The topological polar surface area (TPSA) is 57.6 Å². The second-order valence-corrected chi connectivity index (χ2v) is 6.60. The van der Waals surface area contributed by atoms with E-state index in [1.165, 1.54) is 4.31 Å². The lowest BCUT2D eigenvalue weighted by molar-refractivity contribution is -0.0613. The molecule has 0 atom stereocenters. The number of aryl methyl sites for hydroxylation is 1. The van der Waals surface area contributed by atoms with Gasteiger partial charge in [0, 0.05) is 13.1 Å². The first-order chi connectivity index (χ1) is 7.87. The van der Waals surface area contributed by atoms with Crippen molar-refractivity contribution in [2.45, 2.75) is 30.8 Å². The molecule has 1 heterocycles. The van der Waals surface area contributed by atoms with Gasteiger partial charge >= 0.3 is 0 Å². The Morgan fingerprint density at radius 3 is 2.29 bits per heavy atom. The number of benzene rings is 1. The average molecular weight is 255 g/mol. The molecule has 2 rings (SSSR count). The van der Waals surface area contributed by atoms with Crippen LogP contribution in [0.2, 0.25) is 0 Å². The van der Waals surface area contributed by atoms with Crippen LogP contribution in [0, 0.1) is 6.92 Å². The van der Waals surface area contributed by atoms with Crippen molar-refractivity contribution in [2.24, 2.45) is 0 Å². The summed E-state index contributed by atoms with van der Waals surface area (Å²) in [5.74, 6) is 0. The van der Waals surface area contributed by atoms with E-state index in [-0.39, 0.29) is 13.1 Å². The molecule has 0 aromatic heterocycles. The molecule has 4 nitrogen and oxygen atoms in total. The van der Waals surface area contributed by atoms with E-state index in [4.69, 9.17) is 0 Å². The van der Waals surface area contributed by atoms with Crippen LogP contribution >= 0.6 is 0 Å². The summed E-state index contributed by atoms with van der Waals surface area (Å²) in [6, 6.07) is 6.76. The van der Waals surface area contributed by atoms with Crippen LogP contribution in [-0.4, -0.2) is 36.5 Å². The Morgan fingerprint density at radius 2 is 1.82 bits per heavy atom. The first-order valence-electron chi connectivity index (χ1n) is 5.67. The minimum Gasteiger partial charge on any atom is -0.387 e. The second-order valence-electron chi connectivity index (χ2n) is 4.66. The Balaban J connectivity index is 2.19. The highest BCUT2D eigenvalue weighted by Gasteiger charge is 2.45. The molecule has 1 aliphatic rings. The molecule has 1 aromatic carbocycles. The number of nitrogens with zero attached hydrogens (tertiary/aromatic N) is 1. The van der Waals surface area contributed by atoms with Gasteiger partial charge in [-0.3, -0.25) is 0 Å². The van der Waals surface area contributed by atoms with Crippen LogP contribution in [-0.2, 0) is 10.0 Å². The largest absolute Gasteiger partial charge is 0.387 e. The molecule has 1 aliphatic heterocycles. The van der Waals surface area contributed by atoms with E-state index in [1.54, 1.807) is 24.3 Å². The third-order valence-corrected chi connectivity index (χ3v) is 5.06. The SMILES string of the molecule is CCC1(O)CN(S(=O)(=O)c2ccc(C)cc2)C1. The Labute approximate surface area is 102 Å². The van der Waals surface area contributed by atoms with Crippen molar-refractivity contribution in [3.63, 3.8) is 0 Å². The van der Waals surface area contributed by atoms with E-state index in [9.17, 15) is 13.5 Å². The molecule has 1 fully saturated rings. The maximum absolute atomic E-state index is 12.1. The fraction of sp³-hybridized carbons (Fsp3) is 0.500. The lowest BCUT2D eigenvalue weighted by atomic mass is 9.94. The molecule has 0 aliphatic carbocycles. The molecule has 1 saturated heterocycles. The van der Waals surface area contributed by atoms with Gasteiger partial charge in [-0.15, -0.1) is 0 Å². The van der Waals surface area contributed by atoms with Gasteiger partial charge in [0.2, 0.25) is 10.0 Å². The lowest BCUT2D eigenvalue weighted by Crippen LogP contribution is -2.62. The van der Waals surface area contributed by atoms with Gasteiger partial charge in [-0.2, -0.15) is 4.31 Å². The molecule has 0 bridgehead atoms. The Hall–Kier alpha value is -0.910. The quantitative estimate of drug-likeness (QED) is 0.881. The Kier molecular flexibility index (Phi) is 3.01. The number of hydrogen-bond acceptors (Lipinski definition) is 3. The Bertz CT molecular complexity index is 501. The number of β-amino-alcohol motifs (C(OH)–C–C–N with tert-alkyl or cyclic N) is 1. The molecule has 0 radical (unpaired) electrons. The van der Waals surface area contributed by atoms with Crippen LogP contribution in [0.4, 0.5) is 0 Å². The van der Waals surface area contributed by atoms with Crippen molar-refractivity contribution >= 4 is 10.0 Å². The highest BCUT2D eigenvalue weighted by atomic mass is 32.2. The lowest BCUT2D eigenvalue weighted by Gasteiger charge is -2.44. The molecule has 0 unspecified atom stereocenters. The maximum atomic E-state index is 12.1. The van der Waals surface area contributed by atoms with Crippen molar-refractivity contribution in [1.82, 2.24) is 4.31 Å². The van der Waals surface area contributed by atoms with Crippen molar-refractivity contribution < 1.29 is 13.5 Å². The molecule has 0 amide bonds. The predicted molar refractivity (Wildman–Crippen MR) is 65.2 cm³/mol. The molecule has 5 heteroatoms. The average Bonchev–Trinajstić information content (AvgIpc) is 2.25. The minimum absolute atomic E-state index is 0.194. The summed E-state index contributed by atoms with van der Waals surface area (Å²) in [7, 11) is -3.43. The van der Waals surface area contributed by atoms with Crippen LogP contribution < -0.4 is 0 Å². The summed E-state index contributed by atoms with van der Waals surface area (Å²) in [4.78, 5) is 0.293. The standard InChI is InChI=1S/C12H17NO3S/c1-3-12(14)8-13(9-12)17(15,16)11-6-4-10(2)5-7-11/h4-7,14H,3,8-9H2,1-2H3. The first kappa shape index (κ1) is 12.5. The molecular formula is C12H17NO3S. The highest BCUT2D eigenvalue weighted by molar-refractivity contribution is 7.89. The zero-order valence-corrected chi connectivity index (χ0v) is 10.9. The van der Waals surface area contributed by atoms with E-state index in [1.807, 2.05) is 13.8 Å². The van der Waals surface area contributed by atoms with Gasteiger partial charge in [0.05, 0.1) is 10.5 Å². The Morgan fingerprint density at radius 1 is 1.29 bits per heavy atom. The van der Waals surface area contributed by atoms with E-state index >= 15 is 0 Å². The van der Waals surface area contributed by atoms with Crippen LogP contribution in [0.3, 0.4) is 0 Å². The zero-order chi connectivity index (χ0) is 12.7. The summed E-state index contributed by atoms with van der Waals surface area (Å²) < 4.78 is 25.6. The van der Waals surface area contributed by atoms with Gasteiger partial charge in [-0.05, 0) is 25.5 Å². The predicted octanol–water partition coefficient (Wildman–Crippen LogP) is 1.14. The van der Waals surface area contributed by atoms with Crippen LogP contribution in [0.1, 0.15) is 18.9 Å². The van der Waals surface area contributed by atoms with E-state index < -0.39 is 15.6 Å². The van der Waals surface area contributed by atoms with Gasteiger partial charge in [-0.1, -0.05) is 24.6 Å². The van der Waals surface area contributed by atoms with Gasteiger partial charge in [-0.25, -0.2) is 8.42 Å². The second kappa shape index (κ2) is 4.08. The van der Waals surface area contributed by atoms with Gasteiger partial charge in [0.15, 0.2) is 0 Å². The maximum Gasteiger partial charge on any atom is 0.243 e. The van der Waals surface area contributed by atoms with Gasteiger partial charge < -0.3 is 5.11 Å². The fourth-order valence-corrected chi connectivity index (χ4v) is 3.46. The van der Waals surface area contributed by atoms with E-state index in [2.05, 4.69) is 0 Å². The third-order valence-electron chi connectivity index (χ3n) is 3.26. The smallest absolute Gasteiger partial charge is 0.243 e. The van der Waals surface area contributed by atoms with Gasteiger partial charge in [0.1, 0.15) is 0 Å². The molecule has 0 saturated carbocycles. The molecule has 1 N–H and O–H groups in total. The van der Waals surface area contributed by atoms with Crippen LogP contribution in [0.5, 0.6) is 0 Å². The number of hydrogen-bond donors (Lipinski definition) is 1. The molecule has 94 valence electrons. The minimum atomic E-state index is -3.43. The third kappa shape index (κ3) is 2.22. The number of sulfonamides is 1. The van der Waals surface area contributed by atoms with Crippen molar-refractivity contribution in [3.8, 4) is 0 Å². The van der Waals surface area contributed by atoms with Gasteiger partial charge in [0.25, 0.3) is 0 Å². The van der Waals surface area contributed by atoms with E-state index in [0.717, 1.165) is 5.56 Å². The molecule has 1 aromatic rings. The van der Waals surface area contributed by atoms with E-state index in [0.29, 0.717) is 11.3 Å². The highest BCUT2D eigenvalue weighted by Crippen LogP contribution is 2.30. The fourth-order valence-electron chi connectivity index (χ4n) is 1.86. The molecule has 0 spiro atoms. The summed E-state index contributed by atoms with van der Waals surface area (Å²) in [5, 5.41) is 9.84. The molecule has 17 heavy (non-hydrogen) atoms. The van der Waals surface area contributed by atoms with Crippen LogP contribution in [0.25, 0.3) is 0 Å². The zero-order valence-electron chi connectivity index (χ0n) is 10.0. The number of rotatable bonds is 3. The normalized spacial score (nSPS) is 19.9. The number of aliphatic hydroxyl groups is 1. The monoisotopic (exact) mass is 255 g/mol. The first-order valence-corrected chi connectivity index (χ1v) is 7.11.